The van der Waals surface area contributed by atoms with E-state index in [0.717, 1.165) is 41.9 Å². The van der Waals surface area contributed by atoms with E-state index in [4.69, 9.17) is 46.4 Å². The SMILES string of the molecule is CC(C)(CN1CCN(c2ccc(Cl)cc2Cl)C(c2ccc(Cl)cc2)C1)c1ccc(Cl)cc1. The maximum absolute atomic E-state index is 6.60. The van der Waals surface area contributed by atoms with Crippen LogP contribution in [-0.2, 0) is 5.41 Å². The summed E-state index contributed by atoms with van der Waals surface area (Å²) in [5.74, 6) is 0. The smallest absolute Gasteiger partial charge is 0.0670 e. The number of halogens is 4. The lowest BCUT2D eigenvalue weighted by Crippen LogP contribution is -2.51. The van der Waals surface area contributed by atoms with Gasteiger partial charge in [-0.15, -0.1) is 0 Å². The van der Waals surface area contributed by atoms with Gasteiger partial charge in [-0.25, -0.2) is 0 Å². The quantitative estimate of drug-likeness (QED) is 0.343. The summed E-state index contributed by atoms with van der Waals surface area (Å²) < 4.78 is 0. The molecule has 1 aliphatic rings. The third kappa shape index (κ3) is 5.38. The second kappa shape index (κ2) is 9.83. The standard InChI is InChI=1S/C26H26Cl4N2/c1-26(2,19-5-9-21(28)10-6-19)17-31-13-14-32(24-12-11-22(29)15-23(24)30)25(16-31)18-3-7-20(27)8-4-18/h3-12,15,25H,13-14,16-17H2,1-2H3. The molecule has 0 aromatic heterocycles. The minimum Gasteiger partial charge on any atom is -0.361 e. The highest BCUT2D eigenvalue weighted by Crippen LogP contribution is 2.37. The highest BCUT2D eigenvalue weighted by molar-refractivity contribution is 6.36. The predicted molar refractivity (Wildman–Crippen MR) is 139 cm³/mol. The molecular weight excluding hydrogens is 482 g/mol. The van der Waals surface area contributed by atoms with E-state index in [1.807, 2.05) is 42.5 Å². The van der Waals surface area contributed by atoms with Gasteiger partial charge in [0.15, 0.2) is 0 Å². The second-order valence-electron chi connectivity index (χ2n) is 8.98. The van der Waals surface area contributed by atoms with Gasteiger partial charge in [-0.1, -0.05) is 84.5 Å². The molecule has 1 atom stereocenters. The lowest BCUT2D eigenvalue weighted by atomic mass is 9.83. The summed E-state index contributed by atoms with van der Waals surface area (Å²) in [5.41, 5.74) is 3.50. The van der Waals surface area contributed by atoms with E-state index in [-0.39, 0.29) is 11.5 Å². The van der Waals surface area contributed by atoms with E-state index in [2.05, 4.69) is 47.9 Å². The Balaban J connectivity index is 1.61. The van der Waals surface area contributed by atoms with Crippen LogP contribution in [0.1, 0.15) is 31.0 Å². The number of piperazine rings is 1. The first-order valence-electron chi connectivity index (χ1n) is 10.7. The summed E-state index contributed by atoms with van der Waals surface area (Å²) in [6, 6.07) is 22.2. The molecular formula is C26H26Cl4N2. The van der Waals surface area contributed by atoms with Crippen LogP contribution in [0.2, 0.25) is 20.1 Å². The van der Waals surface area contributed by atoms with E-state index in [9.17, 15) is 0 Å². The van der Waals surface area contributed by atoms with E-state index >= 15 is 0 Å². The summed E-state index contributed by atoms with van der Waals surface area (Å²) in [6.07, 6.45) is 0. The van der Waals surface area contributed by atoms with Crippen molar-refractivity contribution < 1.29 is 0 Å². The van der Waals surface area contributed by atoms with Gasteiger partial charge in [-0.3, -0.25) is 4.90 Å². The maximum atomic E-state index is 6.60. The summed E-state index contributed by atoms with van der Waals surface area (Å²) >= 11 is 25.0. The van der Waals surface area contributed by atoms with Crippen LogP contribution in [0.25, 0.3) is 0 Å². The van der Waals surface area contributed by atoms with Gasteiger partial charge in [0.25, 0.3) is 0 Å². The van der Waals surface area contributed by atoms with Gasteiger partial charge in [0.1, 0.15) is 0 Å². The average molecular weight is 508 g/mol. The van der Waals surface area contributed by atoms with Crippen molar-refractivity contribution in [2.24, 2.45) is 0 Å². The Morgan fingerprint density at radius 2 is 1.38 bits per heavy atom. The zero-order chi connectivity index (χ0) is 22.9. The van der Waals surface area contributed by atoms with Crippen molar-refractivity contribution in [3.63, 3.8) is 0 Å². The van der Waals surface area contributed by atoms with E-state index in [1.54, 1.807) is 0 Å². The molecule has 168 valence electrons. The molecule has 0 bridgehead atoms. The molecule has 0 N–H and O–H groups in total. The molecule has 2 nitrogen and oxygen atoms in total. The first kappa shape index (κ1) is 23.7. The largest absolute Gasteiger partial charge is 0.361 e. The average Bonchev–Trinajstić information content (AvgIpc) is 2.75. The fourth-order valence-corrected chi connectivity index (χ4v) is 5.28. The number of benzene rings is 3. The van der Waals surface area contributed by atoms with Gasteiger partial charge < -0.3 is 4.90 Å². The minimum absolute atomic E-state index is 0.00474. The molecule has 3 aromatic rings. The Hall–Kier alpha value is -1.42. The molecule has 0 amide bonds. The van der Waals surface area contributed by atoms with Gasteiger partial charge in [-0.2, -0.15) is 0 Å². The third-order valence-corrected chi connectivity index (χ3v) is 7.22. The van der Waals surface area contributed by atoms with E-state index < -0.39 is 0 Å². The molecule has 0 radical (unpaired) electrons. The van der Waals surface area contributed by atoms with Crippen molar-refractivity contribution in [3.8, 4) is 0 Å². The normalized spacial score (nSPS) is 17.6. The monoisotopic (exact) mass is 506 g/mol. The molecule has 1 unspecified atom stereocenters. The lowest BCUT2D eigenvalue weighted by molar-refractivity contribution is 0.186. The van der Waals surface area contributed by atoms with Crippen LogP contribution in [0.5, 0.6) is 0 Å². The predicted octanol–water partition coefficient (Wildman–Crippen LogP) is 8.14. The molecule has 1 fully saturated rings. The topological polar surface area (TPSA) is 6.48 Å². The first-order chi connectivity index (χ1) is 15.2. The van der Waals surface area contributed by atoms with E-state index in [1.165, 1.54) is 11.1 Å². The van der Waals surface area contributed by atoms with Crippen LogP contribution < -0.4 is 4.90 Å². The lowest BCUT2D eigenvalue weighted by Gasteiger charge is -2.45. The van der Waals surface area contributed by atoms with Crippen LogP contribution in [0, 0.1) is 0 Å². The molecule has 3 aromatic carbocycles. The van der Waals surface area contributed by atoms with Crippen molar-refractivity contribution >= 4 is 52.1 Å². The van der Waals surface area contributed by atoms with Crippen LogP contribution >= 0.6 is 46.4 Å². The van der Waals surface area contributed by atoms with Crippen molar-refractivity contribution in [3.05, 3.63) is 97.9 Å². The van der Waals surface area contributed by atoms with Gasteiger partial charge >= 0.3 is 0 Å². The van der Waals surface area contributed by atoms with Crippen molar-refractivity contribution in [1.29, 1.82) is 0 Å². The fraction of sp³-hybridized carbons (Fsp3) is 0.308. The highest BCUT2D eigenvalue weighted by Gasteiger charge is 2.33. The third-order valence-electron chi connectivity index (χ3n) is 6.18. The zero-order valence-electron chi connectivity index (χ0n) is 18.2. The van der Waals surface area contributed by atoms with Gasteiger partial charge in [0.05, 0.1) is 16.8 Å². The Morgan fingerprint density at radius 1 is 0.781 bits per heavy atom. The molecule has 1 heterocycles. The Bertz CT molecular complexity index is 1060. The first-order valence-corrected chi connectivity index (χ1v) is 12.2. The number of anilines is 1. The minimum atomic E-state index is -0.00474. The van der Waals surface area contributed by atoms with Gasteiger partial charge in [0.2, 0.25) is 0 Å². The van der Waals surface area contributed by atoms with Gasteiger partial charge in [-0.05, 0) is 53.6 Å². The Kier molecular flexibility index (Phi) is 7.29. The highest BCUT2D eigenvalue weighted by atomic mass is 35.5. The molecule has 6 heteroatoms. The summed E-state index contributed by atoms with van der Waals surface area (Å²) in [7, 11) is 0. The summed E-state index contributed by atoms with van der Waals surface area (Å²) in [6.45, 7) is 8.22. The second-order valence-corrected chi connectivity index (χ2v) is 10.7. The number of rotatable bonds is 5. The van der Waals surface area contributed by atoms with Crippen LogP contribution in [0.3, 0.4) is 0 Å². The van der Waals surface area contributed by atoms with Crippen LogP contribution in [0.4, 0.5) is 5.69 Å². The molecule has 0 saturated carbocycles. The molecule has 32 heavy (non-hydrogen) atoms. The van der Waals surface area contributed by atoms with Crippen molar-refractivity contribution in [1.82, 2.24) is 4.90 Å². The summed E-state index contributed by atoms with van der Waals surface area (Å²) in [5, 5.41) is 2.82. The van der Waals surface area contributed by atoms with E-state index in [0.29, 0.717) is 10.0 Å². The van der Waals surface area contributed by atoms with Crippen LogP contribution in [-0.4, -0.2) is 31.1 Å². The number of nitrogens with zero attached hydrogens (tertiary/aromatic N) is 2. The number of hydrogen-bond acceptors (Lipinski definition) is 2. The van der Waals surface area contributed by atoms with Crippen LogP contribution in [0.15, 0.2) is 66.7 Å². The zero-order valence-corrected chi connectivity index (χ0v) is 21.2. The number of hydrogen-bond donors (Lipinski definition) is 0. The fourth-order valence-electron chi connectivity index (χ4n) is 4.51. The maximum Gasteiger partial charge on any atom is 0.0670 e. The molecule has 0 spiro atoms. The molecule has 4 rings (SSSR count). The Labute approximate surface area is 210 Å². The Morgan fingerprint density at radius 3 is 2.00 bits per heavy atom. The molecule has 1 saturated heterocycles. The van der Waals surface area contributed by atoms with Gasteiger partial charge in [0, 0.05) is 46.7 Å². The molecule has 1 aliphatic heterocycles. The molecule has 0 aliphatic carbocycles. The summed E-state index contributed by atoms with van der Waals surface area (Å²) in [4.78, 5) is 4.92. The van der Waals surface area contributed by atoms with Crippen molar-refractivity contribution in [2.45, 2.75) is 25.3 Å². The van der Waals surface area contributed by atoms with Crippen molar-refractivity contribution in [2.75, 3.05) is 31.1 Å².